The first kappa shape index (κ1) is 18.0. The molecule has 0 unspecified atom stereocenters. The van der Waals surface area contributed by atoms with Crippen LogP contribution in [0, 0.1) is 17.2 Å². The fourth-order valence-corrected chi connectivity index (χ4v) is 3.19. The molecule has 0 spiro atoms. The van der Waals surface area contributed by atoms with Gasteiger partial charge in [-0.05, 0) is 50.2 Å². The van der Waals surface area contributed by atoms with Crippen LogP contribution in [0.15, 0.2) is 30.5 Å². The van der Waals surface area contributed by atoms with Crippen LogP contribution < -0.4 is 5.32 Å². The molecule has 0 bridgehead atoms. The van der Waals surface area contributed by atoms with Crippen molar-refractivity contribution in [3.05, 3.63) is 36.0 Å². The molecule has 6 heteroatoms. The van der Waals surface area contributed by atoms with Gasteiger partial charge in [0.05, 0.1) is 6.07 Å². The molecule has 1 aromatic heterocycles. The average molecular weight is 353 g/mol. The topological polar surface area (TPSA) is 95.0 Å². The van der Waals surface area contributed by atoms with Crippen molar-refractivity contribution in [3.8, 4) is 6.07 Å². The fraction of sp³-hybridized carbons (Fsp3) is 0.450. The maximum absolute atomic E-state index is 11.9. The second-order valence-electron chi connectivity index (χ2n) is 7.01. The number of rotatable bonds is 8. The minimum Gasteiger partial charge on any atom is -0.456 e. The number of nitrogens with one attached hydrogen (secondary N) is 2. The predicted molar refractivity (Wildman–Crippen MR) is 97.1 cm³/mol. The molecule has 0 saturated heterocycles. The van der Waals surface area contributed by atoms with Crippen LogP contribution in [0.1, 0.15) is 38.2 Å². The van der Waals surface area contributed by atoms with Crippen molar-refractivity contribution in [1.82, 2.24) is 10.3 Å². The Morgan fingerprint density at radius 1 is 1.38 bits per heavy atom. The van der Waals surface area contributed by atoms with Crippen LogP contribution >= 0.6 is 0 Å². The summed E-state index contributed by atoms with van der Waals surface area (Å²) in [6.07, 6.45) is 5.52. The number of fused-ring (bicyclic) bond motifs is 1. The van der Waals surface area contributed by atoms with Crippen LogP contribution in [0.5, 0.6) is 0 Å². The van der Waals surface area contributed by atoms with Crippen LogP contribution in [0.2, 0.25) is 0 Å². The summed E-state index contributed by atoms with van der Waals surface area (Å²) in [4.78, 5) is 27.0. The Morgan fingerprint density at radius 2 is 2.15 bits per heavy atom. The van der Waals surface area contributed by atoms with Crippen LogP contribution in [0.25, 0.3) is 10.9 Å². The Hall–Kier alpha value is -2.81. The highest BCUT2D eigenvalue weighted by atomic mass is 16.5. The second-order valence-corrected chi connectivity index (χ2v) is 7.01. The Morgan fingerprint density at radius 3 is 2.88 bits per heavy atom. The highest BCUT2D eigenvalue weighted by molar-refractivity contribution is 5.83. The summed E-state index contributed by atoms with van der Waals surface area (Å²) >= 11 is 0. The van der Waals surface area contributed by atoms with Crippen molar-refractivity contribution < 1.29 is 14.3 Å². The summed E-state index contributed by atoms with van der Waals surface area (Å²) < 4.78 is 5.03. The van der Waals surface area contributed by atoms with E-state index in [9.17, 15) is 14.9 Å². The molecule has 1 aliphatic carbocycles. The first-order valence-electron chi connectivity index (χ1n) is 8.95. The lowest BCUT2D eigenvalue weighted by Gasteiger charge is -2.22. The van der Waals surface area contributed by atoms with Gasteiger partial charge >= 0.3 is 5.97 Å². The molecule has 2 N–H and O–H groups in total. The van der Waals surface area contributed by atoms with E-state index in [1.807, 2.05) is 24.4 Å². The molecule has 136 valence electrons. The lowest BCUT2D eigenvalue weighted by molar-refractivity contribution is -0.149. The zero-order valence-electron chi connectivity index (χ0n) is 14.9. The highest BCUT2D eigenvalue weighted by Gasteiger charge is 2.43. The van der Waals surface area contributed by atoms with E-state index in [2.05, 4.69) is 22.4 Å². The van der Waals surface area contributed by atoms with Gasteiger partial charge in [-0.1, -0.05) is 18.2 Å². The molecule has 0 radical (unpaired) electrons. The Kier molecular flexibility index (Phi) is 5.27. The summed E-state index contributed by atoms with van der Waals surface area (Å²) in [5, 5.41) is 13.1. The number of esters is 1. The Bertz CT molecular complexity index is 847. The lowest BCUT2D eigenvalue weighted by atomic mass is 9.98. The van der Waals surface area contributed by atoms with E-state index in [0.717, 1.165) is 30.2 Å². The van der Waals surface area contributed by atoms with Crippen LogP contribution in [0.4, 0.5) is 0 Å². The number of H-pyrrole nitrogens is 1. The van der Waals surface area contributed by atoms with E-state index < -0.39 is 17.4 Å². The number of hydrogen-bond donors (Lipinski definition) is 2. The minimum atomic E-state index is -0.862. The predicted octanol–water partition coefficient (Wildman–Crippen LogP) is 2.84. The molecule has 1 aromatic carbocycles. The molecule has 1 aliphatic rings. The third kappa shape index (κ3) is 4.23. The summed E-state index contributed by atoms with van der Waals surface area (Å²) in [6.45, 7) is 1.38. The van der Waals surface area contributed by atoms with E-state index >= 15 is 0 Å². The second kappa shape index (κ2) is 7.61. The molecule has 1 amide bonds. The molecule has 1 atom stereocenters. The molecule has 1 saturated carbocycles. The SMILES string of the molecule is C[C@](C#N)(NC(=O)COC(=O)CCCc1c[nH]c2ccccc12)C1CC1. The third-order valence-electron chi connectivity index (χ3n) is 4.89. The molecule has 26 heavy (non-hydrogen) atoms. The average Bonchev–Trinajstić information content (AvgIpc) is 3.43. The van der Waals surface area contributed by atoms with Crippen LogP contribution in [-0.4, -0.2) is 29.0 Å². The molecular formula is C20H23N3O3. The molecule has 0 aliphatic heterocycles. The number of nitrogens with zero attached hydrogens (tertiary/aromatic N) is 1. The number of nitriles is 1. The van der Waals surface area contributed by atoms with Crippen LogP contribution in [0.3, 0.4) is 0 Å². The number of aromatic nitrogens is 1. The molecule has 1 heterocycles. The fourth-order valence-electron chi connectivity index (χ4n) is 3.19. The maximum Gasteiger partial charge on any atom is 0.306 e. The first-order chi connectivity index (χ1) is 12.5. The number of aromatic amines is 1. The van der Waals surface area contributed by atoms with Gasteiger partial charge in [-0.3, -0.25) is 9.59 Å². The molecule has 6 nitrogen and oxygen atoms in total. The van der Waals surface area contributed by atoms with Crippen molar-refractivity contribution in [2.45, 2.75) is 44.6 Å². The largest absolute Gasteiger partial charge is 0.456 e. The van der Waals surface area contributed by atoms with E-state index in [1.54, 1.807) is 6.92 Å². The van der Waals surface area contributed by atoms with Gasteiger partial charge in [-0.25, -0.2) is 0 Å². The minimum absolute atomic E-state index is 0.198. The zero-order valence-corrected chi connectivity index (χ0v) is 14.9. The number of amides is 1. The normalized spacial score (nSPS) is 15.8. The van der Waals surface area contributed by atoms with Crippen molar-refractivity contribution in [2.24, 2.45) is 5.92 Å². The number of carbonyl (C=O) groups excluding carboxylic acids is 2. The quantitative estimate of drug-likeness (QED) is 0.713. The van der Waals surface area contributed by atoms with Crippen molar-refractivity contribution in [3.63, 3.8) is 0 Å². The van der Waals surface area contributed by atoms with E-state index in [0.29, 0.717) is 6.42 Å². The van der Waals surface area contributed by atoms with E-state index in [1.165, 1.54) is 5.56 Å². The van der Waals surface area contributed by atoms with Crippen molar-refractivity contribution in [2.75, 3.05) is 6.61 Å². The Labute approximate surface area is 152 Å². The number of aryl methyl sites for hydroxylation is 1. The summed E-state index contributed by atoms with van der Waals surface area (Å²) in [5.74, 6) is -0.626. The van der Waals surface area contributed by atoms with Gasteiger partial charge in [0.2, 0.25) is 0 Å². The molecular weight excluding hydrogens is 330 g/mol. The number of para-hydroxylation sites is 1. The third-order valence-corrected chi connectivity index (χ3v) is 4.89. The summed E-state index contributed by atoms with van der Waals surface area (Å²) in [7, 11) is 0. The van der Waals surface area contributed by atoms with Crippen molar-refractivity contribution in [1.29, 1.82) is 5.26 Å². The number of carbonyl (C=O) groups is 2. The summed E-state index contributed by atoms with van der Waals surface area (Å²) in [6, 6.07) is 10.2. The van der Waals surface area contributed by atoms with Gasteiger partial charge in [0.15, 0.2) is 6.61 Å². The van der Waals surface area contributed by atoms with Gasteiger partial charge < -0.3 is 15.0 Å². The zero-order chi connectivity index (χ0) is 18.6. The number of ether oxygens (including phenoxy) is 1. The molecule has 3 rings (SSSR count). The maximum atomic E-state index is 11.9. The monoisotopic (exact) mass is 353 g/mol. The summed E-state index contributed by atoms with van der Waals surface area (Å²) in [5.41, 5.74) is 1.39. The highest BCUT2D eigenvalue weighted by Crippen LogP contribution is 2.39. The Balaban J connectivity index is 1.39. The van der Waals surface area contributed by atoms with Crippen molar-refractivity contribution >= 4 is 22.8 Å². The molecule has 2 aromatic rings. The standard InChI is InChI=1S/C20H23N3O3/c1-20(13-21,15-9-10-15)23-18(24)12-26-19(25)8-4-5-14-11-22-17-7-3-2-6-16(14)17/h2-3,6-7,11,15,22H,4-5,8-10,12H2,1H3,(H,23,24)/t20-/m1/s1. The lowest BCUT2D eigenvalue weighted by Crippen LogP contribution is -2.48. The van der Waals surface area contributed by atoms with Gasteiger partial charge in [-0.15, -0.1) is 0 Å². The van der Waals surface area contributed by atoms with E-state index in [-0.39, 0.29) is 18.9 Å². The smallest absolute Gasteiger partial charge is 0.306 e. The van der Waals surface area contributed by atoms with Gasteiger partial charge in [-0.2, -0.15) is 5.26 Å². The van der Waals surface area contributed by atoms with Gasteiger partial charge in [0, 0.05) is 23.5 Å². The number of benzene rings is 1. The van der Waals surface area contributed by atoms with Gasteiger partial charge in [0.1, 0.15) is 5.54 Å². The first-order valence-corrected chi connectivity index (χ1v) is 8.95. The van der Waals surface area contributed by atoms with E-state index in [4.69, 9.17) is 4.74 Å². The van der Waals surface area contributed by atoms with Crippen LogP contribution in [-0.2, 0) is 20.7 Å². The van der Waals surface area contributed by atoms with Gasteiger partial charge in [0.25, 0.3) is 5.91 Å². The number of hydrogen-bond acceptors (Lipinski definition) is 4. The molecule has 1 fully saturated rings.